The maximum Gasteiger partial charge on any atom is 0.224 e. The Bertz CT molecular complexity index is 525. The molecule has 0 saturated carbocycles. The number of nitrogens with zero attached hydrogens (tertiary/aromatic N) is 2. The van der Waals surface area contributed by atoms with Gasteiger partial charge in [0, 0.05) is 20.1 Å². The van der Waals surface area contributed by atoms with E-state index in [0.717, 1.165) is 24.9 Å². The lowest BCUT2D eigenvalue weighted by Crippen LogP contribution is -2.51. The first-order valence-corrected chi connectivity index (χ1v) is 7.28. The Kier molecular flexibility index (Phi) is 4.94. The summed E-state index contributed by atoms with van der Waals surface area (Å²) in [5.74, 6) is 0.0569. The van der Waals surface area contributed by atoms with Gasteiger partial charge in [0.1, 0.15) is 5.54 Å². The molecule has 2 atom stereocenters. The van der Waals surface area contributed by atoms with E-state index in [1.54, 1.807) is 7.05 Å². The Morgan fingerprint density at radius 3 is 2.86 bits per heavy atom. The molecule has 1 saturated heterocycles. The third-order valence-electron chi connectivity index (χ3n) is 4.08. The van der Waals surface area contributed by atoms with E-state index in [0.29, 0.717) is 13.1 Å². The number of amides is 1. The van der Waals surface area contributed by atoms with E-state index in [4.69, 9.17) is 5.73 Å². The van der Waals surface area contributed by atoms with Gasteiger partial charge in [-0.15, -0.1) is 0 Å². The molecule has 112 valence electrons. The number of nitrogens with two attached hydrogens (primary N) is 1. The zero-order chi connectivity index (χ0) is 15.3. The van der Waals surface area contributed by atoms with Gasteiger partial charge in [0.25, 0.3) is 0 Å². The van der Waals surface area contributed by atoms with Crippen LogP contribution in [0.15, 0.2) is 30.3 Å². The van der Waals surface area contributed by atoms with Crippen molar-refractivity contribution in [3.8, 4) is 6.07 Å². The van der Waals surface area contributed by atoms with Gasteiger partial charge in [-0.1, -0.05) is 30.3 Å². The lowest BCUT2D eigenvalue weighted by Gasteiger charge is -2.36. The molecule has 1 aromatic rings. The molecule has 1 aromatic carbocycles. The Balaban J connectivity index is 2.09. The summed E-state index contributed by atoms with van der Waals surface area (Å²) in [6, 6.07) is 11.7. The van der Waals surface area contributed by atoms with Crippen LogP contribution in [0.5, 0.6) is 0 Å². The summed E-state index contributed by atoms with van der Waals surface area (Å²) in [7, 11) is 1.66. The van der Waals surface area contributed by atoms with Crippen LogP contribution in [-0.4, -0.2) is 37.5 Å². The standard InChI is InChI=1S/C16H22N4O/c1-19-15(21)13-6-5-9-20(10-13)12-16(18,11-17)14-7-3-2-4-8-14/h2-4,7-8,13H,5-6,9-10,12,18H2,1H3,(H,19,21). The number of likely N-dealkylation sites (tertiary alicyclic amines) is 1. The molecule has 5 nitrogen and oxygen atoms in total. The summed E-state index contributed by atoms with van der Waals surface area (Å²) in [4.78, 5) is 13.9. The van der Waals surface area contributed by atoms with E-state index >= 15 is 0 Å². The lowest BCUT2D eigenvalue weighted by molar-refractivity contribution is -0.126. The summed E-state index contributed by atoms with van der Waals surface area (Å²) in [6.45, 7) is 1.98. The topological polar surface area (TPSA) is 82.2 Å². The van der Waals surface area contributed by atoms with Gasteiger partial charge in [-0.3, -0.25) is 9.69 Å². The number of rotatable bonds is 4. The van der Waals surface area contributed by atoms with Crippen LogP contribution in [0.3, 0.4) is 0 Å². The van der Waals surface area contributed by atoms with Crippen molar-refractivity contribution < 1.29 is 4.79 Å². The number of benzene rings is 1. The number of nitriles is 1. The van der Waals surface area contributed by atoms with Gasteiger partial charge in [-0.25, -0.2) is 0 Å². The van der Waals surface area contributed by atoms with Gasteiger partial charge in [-0.05, 0) is 24.9 Å². The molecular formula is C16H22N4O. The summed E-state index contributed by atoms with van der Waals surface area (Å²) in [6.07, 6.45) is 1.85. The van der Waals surface area contributed by atoms with Gasteiger partial charge in [-0.2, -0.15) is 5.26 Å². The van der Waals surface area contributed by atoms with Crippen LogP contribution in [0.4, 0.5) is 0 Å². The van der Waals surface area contributed by atoms with Crippen LogP contribution in [0.2, 0.25) is 0 Å². The Labute approximate surface area is 125 Å². The molecule has 0 aromatic heterocycles. The summed E-state index contributed by atoms with van der Waals surface area (Å²) >= 11 is 0. The fourth-order valence-corrected chi connectivity index (χ4v) is 2.90. The third-order valence-corrected chi connectivity index (χ3v) is 4.08. The number of nitrogens with one attached hydrogen (secondary N) is 1. The second-order valence-corrected chi connectivity index (χ2v) is 5.64. The Morgan fingerprint density at radius 1 is 1.52 bits per heavy atom. The molecule has 2 rings (SSSR count). The van der Waals surface area contributed by atoms with Crippen LogP contribution in [-0.2, 0) is 10.3 Å². The van der Waals surface area contributed by atoms with Gasteiger partial charge in [0.05, 0.1) is 12.0 Å². The highest BCUT2D eigenvalue weighted by Gasteiger charge is 2.33. The van der Waals surface area contributed by atoms with Crippen molar-refractivity contribution >= 4 is 5.91 Å². The van der Waals surface area contributed by atoms with Gasteiger partial charge in [0.2, 0.25) is 5.91 Å². The van der Waals surface area contributed by atoms with Gasteiger partial charge in [0.15, 0.2) is 0 Å². The minimum atomic E-state index is -1.04. The predicted molar refractivity (Wildman–Crippen MR) is 81.2 cm³/mol. The van der Waals surface area contributed by atoms with Crippen LogP contribution in [0, 0.1) is 17.2 Å². The quantitative estimate of drug-likeness (QED) is 0.858. The zero-order valence-corrected chi connectivity index (χ0v) is 12.4. The maximum absolute atomic E-state index is 11.8. The van der Waals surface area contributed by atoms with E-state index in [-0.39, 0.29) is 11.8 Å². The van der Waals surface area contributed by atoms with Gasteiger partial charge < -0.3 is 11.1 Å². The van der Waals surface area contributed by atoms with Crippen LogP contribution in [0.1, 0.15) is 18.4 Å². The van der Waals surface area contributed by atoms with Crippen LogP contribution in [0.25, 0.3) is 0 Å². The van der Waals surface area contributed by atoms with E-state index in [1.807, 2.05) is 30.3 Å². The van der Waals surface area contributed by atoms with Crippen molar-refractivity contribution in [2.24, 2.45) is 11.7 Å². The SMILES string of the molecule is CNC(=O)C1CCCN(CC(N)(C#N)c2ccccc2)C1. The molecule has 1 fully saturated rings. The van der Waals surface area contributed by atoms with Crippen molar-refractivity contribution in [3.05, 3.63) is 35.9 Å². The fourth-order valence-electron chi connectivity index (χ4n) is 2.90. The molecule has 2 unspecified atom stereocenters. The van der Waals surface area contributed by atoms with E-state index in [9.17, 15) is 10.1 Å². The van der Waals surface area contributed by atoms with Crippen molar-refractivity contribution in [1.82, 2.24) is 10.2 Å². The van der Waals surface area contributed by atoms with Crippen LogP contribution < -0.4 is 11.1 Å². The highest BCUT2D eigenvalue weighted by Crippen LogP contribution is 2.23. The third kappa shape index (κ3) is 3.60. The van der Waals surface area contributed by atoms with E-state index in [1.165, 1.54) is 0 Å². The largest absolute Gasteiger partial charge is 0.359 e. The van der Waals surface area contributed by atoms with Crippen molar-refractivity contribution in [2.75, 3.05) is 26.7 Å². The molecule has 5 heteroatoms. The van der Waals surface area contributed by atoms with Crippen molar-refractivity contribution in [3.63, 3.8) is 0 Å². The van der Waals surface area contributed by atoms with Gasteiger partial charge >= 0.3 is 0 Å². The maximum atomic E-state index is 11.8. The molecule has 3 N–H and O–H groups in total. The highest BCUT2D eigenvalue weighted by molar-refractivity contribution is 5.78. The second kappa shape index (κ2) is 6.70. The predicted octanol–water partition coefficient (Wildman–Crippen LogP) is 0.822. The second-order valence-electron chi connectivity index (χ2n) is 5.64. The number of hydrogen-bond acceptors (Lipinski definition) is 4. The average Bonchev–Trinajstić information content (AvgIpc) is 2.55. The van der Waals surface area contributed by atoms with E-state index < -0.39 is 5.54 Å². The van der Waals surface area contributed by atoms with E-state index in [2.05, 4.69) is 16.3 Å². The molecule has 0 radical (unpaired) electrons. The monoisotopic (exact) mass is 286 g/mol. The zero-order valence-electron chi connectivity index (χ0n) is 12.4. The molecule has 0 bridgehead atoms. The normalized spacial score (nSPS) is 22.0. The number of carbonyl (C=O) groups excluding carboxylic acids is 1. The number of hydrogen-bond donors (Lipinski definition) is 2. The fraction of sp³-hybridized carbons (Fsp3) is 0.500. The Hall–Kier alpha value is -1.90. The van der Waals surface area contributed by atoms with Crippen molar-refractivity contribution in [1.29, 1.82) is 5.26 Å². The minimum Gasteiger partial charge on any atom is -0.359 e. The molecule has 1 heterocycles. The smallest absolute Gasteiger partial charge is 0.224 e. The summed E-state index contributed by atoms with van der Waals surface area (Å²) in [5.41, 5.74) is 6.08. The number of carbonyl (C=O) groups is 1. The highest BCUT2D eigenvalue weighted by atomic mass is 16.1. The van der Waals surface area contributed by atoms with Crippen LogP contribution >= 0.6 is 0 Å². The molecule has 1 aliphatic heterocycles. The molecule has 0 aliphatic carbocycles. The first-order chi connectivity index (χ1) is 10.1. The molecule has 0 spiro atoms. The van der Waals surface area contributed by atoms with Crippen molar-refractivity contribution in [2.45, 2.75) is 18.4 Å². The minimum absolute atomic E-state index is 0.0116. The molecule has 1 amide bonds. The molecule has 1 aliphatic rings. The first-order valence-electron chi connectivity index (χ1n) is 7.28. The first kappa shape index (κ1) is 15.5. The number of piperidine rings is 1. The average molecular weight is 286 g/mol. The lowest BCUT2D eigenvalue weighted by atomic mass is 9.89. The summed E-state index contributed by atoms with van der Waals surface area (Å²) in [5, 5.41) is 12.2. The Morgan fingerprint density at radius 2 is 2.24 bits per heavy atom. The summed E-state index contributed by atoms with van der Waals surface area (Å²) < 4.78 is 0. The molecule has 21 heavy (non-hydrogen) atoms. The molecular weight excluding hydrogens is 264 g/mol.